The molecule has 0 aromatic carbocycles. The molecule has 0 atom stereocenters. The average Bonchev–Trinajstić information content (AvgIpc) is 2.47. The summed E-state index contributed by atoms with van der Waals surface area (Å²) in [5.41, 5.74) is -0.998. The molecule has 0 radical (unpaired) electrons. The third-order valence-electron chi connectivity index (χ3n) is 1.58. The van der Waals surface area contributed by atoms with E-state index in [0.29, 0.717) is 0 Å². The van der Waals surface area contributed by atoms with Crippen molar-refractivity contribution in [2.75, 3.05) is 0 Å². The molecule has 2 rings (SSSR count). The predicted octanol–water partition coefficient (Wildman–Crippen LogP) is 1.07. The molecular weight excluding hydrogens is 223 g/mol. The largest absolute Gasteiger partial charge is 0.478 e. The van der Waals surface area contributed by atoms with Gasteiger partial charge in [0.25, 0.3) is 11.6 Å². The summed E-state index contributed by atoms with van der Waals surface area (Å²) in [4.78, 5) is 9.32. The van der Waals surface area contributed by atoms with Gasteiger partial charge in [0.05, 0.1) is 0 Å². The third kappa shape index (κ3) is 1.60. The van der Waals surface area contributed by atoms with E-state index in [1.807, 2.05) is 0 Å². The minimum absolute atomic E-state index is 0.499. The molecule has 0 amide bonds. The van der Waals surface area contributed by atoms with Crippen LogP contribution in [0.15, 0.2) is 0 Å². The highest BCUT2D eigenvalue weighted by atomic mass is 19.4. The zero-order chi connectivity index (χ0) is 11.2. The molecule has 0 unspecified atom stereocenters. The van der Waals surface area contributed by atoms with Gasteiger partial charge in [-0.3, -0.25) is 0 Å². The number of aromatic nitrogens is 4. The van der Waals surface area contributed by atoms with Gasteiger partial charge in [-0.15, -0.1) is 0 Å². The summed E-state index contributed by atoms with van der Waals surface area (Å²) in [5.74, 6) is -4.40. The van der Waals surface area contributed by atoms with Crippen molar-refractivity contribution in [1.82, 2.24) is 15.0 Å². The van der Waals surface area contributed by atoms with E-state index in [0.717, 1.165) is 0 Å². The lowest BCUT2D eigenvalue weighted by atomic mass is 10.6. The van der Waals surface area contributed by atoms with E-state index in [9.17, 15) is 22.0 Å². The first-order valence-electron chi connectivity index (χ1n) is 3.59. The summed E-state index contributed by atoms with van der Waals surface area (Å²) < 4.78 is 61.3. The van der Waals surface area contributed by atoms with Gasteiger partial charge < -0.3 is 0 Å². The van der Waals surface area contributed by atoms with Crippen LogP contribution < -0.4 is 4.98 Å². The molecule has 0 bridgehead atoms. The Hall–Kier alpha value is -1.80. The van der Waals surface area contributed by atoms with E-state index < -0.39 is 35.2 Å². The highest BCUT2D eigenvalue weighted by molar-refractivity contribution is 5.59. The van der Waals surface area contributed by atoms with Gasteiger partial charge in [-0.2, -0.15) is 26.9 Å². The average molecular weight is 225 g/mol. The summed E-state index contributed by atoms with van der Waals surface area (Å²) in [6.07, 6.45) is -4.69. The van der Waals surface area contributed by atoms with Crippen LogP contribution in [0.4, 0.5) is 22.0 Å². The second kappa shape index (κ2) is 2.84. The van der Waals surface area contributed by atoms with Crippen LogP contribution in [0.25, 0.3) is 11.3 Å². The van der Waals surface area contributed by atoms with E-state index in [4.69, 9.17) is 0 Å². The fourth-order valence-electron chi connectivity index (χ4n) is 0.979. The van der Waals surface area contributed by atoms with Crippen LogP contribution in [-0.4, -0.2) is 15.0 Å². The quantitative estimate of drug-likeness (QED) is 0.682. The van der Waals surface area contributed by atoms with E-state index in [1.165, 1.54) is 0 Å². The van der Waals surface area contributed by atoms with Gasteiger partial charge in [0.1, 0.15) is 0 Å². The van der Waals surface area contributed by atoms with Crippen LogP contribution in [0, 0.1) is 11.9 Å². The molecule has 4 nitrogen and oxygen atoms in total. The summed E-state index contributed by atoms with van der Waals surface area (Å²) in [5, 5.41) is 0. The lowest BCUT2D eigenvalue weighted by Gasteiger charge is -1.95. The van der Waals surface area contributed by atoms with Crippen molar-refractivity contribution in [3.05, 3.63) is 17.7 Å². The maximum Gasteiger partial charge on any atom is 0.478 e. The highest BCUT2D eigenvalue weighted by Gasteiger charge is 2.39. The zero-order valence-corrected chi connectivity index (χ0v) is 6.78. The molecule has 0 fully saturated rings. The Kier molecular flexibility index (Phi) is 1.85. The van der Waals surface area contributed by atoms with Gasteiger partial charge in [0.2, 0.25) is 0 Å². The maximum absolute atomic E-state index is 12.5. The van der Waals surface area contributed by atoms with Crippen LogP contribution >= 0.6 is 0 Å². The van der Waals surface area contributed by atoms with Gasteiger partial charge in [-0.1, -0.05) is 4.98 Å². The van der Waals surface area contributed by atoms with Crippen molar-refractivity contribution in [1.29, 1.82) is 0 Å². The molecule has 2 aromatic rings. The van der Waals surface area contributed by atoms with Gasteiger partial charge in [-0.25, -0.2) is 9.97 Å². The number of aromatic amines is 2. The Morgan fingerprint density at radius 3 is 2.27 bits per heavy atom. The summed E-state index contributed by atoms with van der Waals surface area (Å²) in [6.45, 7) is 0. The first kappa shape index (κ1) is 9.74. The molecule has 9 heteroatoms. The summed E-state index contributed by atoms with van der Waals surface area (Å²) in [7, 11) is 0. The van der Waals surface area contributed by atoms with Crippen molar-refractivity contribution < 1.29 is 26.9 Å². The number of hydrogen-bond acceptors (Lipinski definition) is 2. The van der Waals surface area contributed by atoms with Gasteiger partial charge in [0.15, 0.2) is 0 Å². The molecule has 2 N–H and O–H groups in total. The molecule has 0 aliphatic heterocycles. The maximum atomic E-state index is 12.5. The number of alkyl halides is 3. The Morgan fingerprint density at radius 2 is 1.67 bits per heavy atom. The van der Waals surface area contributed by atoms with Crippen LogP contribution in [0.2, 0.25) is 0 Å². The molecule has 0 saturated heterocycles. The molecule has 2 aromatic heterocycles. The summed E-state index contributed by atoms with van der Waals surface area (Å²) in [6, 6.07) is 0. The van der Waals surface area contributed by atoms with E-state index >= 15 is 0 Å². The fourth-order valence-corrected chi connectivity index (χ4v) is 0.979. The Balaban J connectivity index is 2.66. The molecule has 2 heterocycles. The SMILES string of the molecule is Fc1nc2[nH]c(C(F)(F)F)[nH+]c2nc1F. The van der Waals surface area contributed by atoms with Crippen molar-refractivity contribution in [2.24, 2.45) is 0 Å². The number of halogens is 5. The van der Waals surface area contributed by atoms with Gasteiger partial charge in [0, 0.05) is 0 Å². The van der Waals surface area contributed by atoms with Crippen LogP contribution in [0.1, 0.15) is 5.82 Å². The van der Waals surface area contributed by atoms with E-state index in [1.54, 1.807) is 9.97 Å². The number of nitrogens with zero attached hydrogens (tertiary/aromatic N) is 2. The normalized spacial score (nSPS) is 12.3. The number of nitrogens with one attached hydrogen (secondary N) is 2. The Labute approximate surface area is 78.2 Å². The van der Waals surface area contributed by atoms with E-state index in [-0.39, 0.29) is 0 Å². The molecule has 0 spiro atoms. The van der Waals surface area contributed by atoms with Crippen LogP contribution in [0.5, 0.6) is 0 Å². The zero-order valence-electron chi connectivity index (χ0n) is 6.78. The molecule has 15 heavy (non-hydrogen) atoms. The molecular formula is C6H2F5N4+. The lowest BCUT2D eigenvalue weighted by Crippen LogP contribution is -2.19. The molecule has 0 aliphatic carbocycles. The first-order chi connectivity index (χ1) is 6.88. The molecule has 0 saturated carbocycles. The van der Waals surface area contributed by atoms with E-state index in [2.05, 4.69) is 9.97 Å². The predicted molar refractivity (Wildman–Crippen MR) is 35.4 cm³/mol. The van der Waals surface area contributed by atoms with Crippen molar-refractivity contribution in [3.8, 4) is 0 Å². The fraction of sp³-hybridized carbons (Fsp3) is 0.167. The van der Waals surface area contributed by atoms with Crippen molar-refractivity contribution in [3.63, 3.8) is 0 Å². The van der Waals surface area contributed by atoms with Crippen molar-refractivity contribution in [2.45, 2.75) is 6.18 Å². The number of fused-ring (bicyclic) bond motifs is 1. The smallest absolute Gasteiger partial charge is 0.247 e. The van der Waals surface area contributed by atoms with Gasteiger partial charge in [-0.05, 0) is 0 Å². The number of imidazole rings is 1. The Morgan fingerprint density at radius 1 is 1.07 bits per heavy atom. The minimum atomic E-state index is -4.69. The minimum Gasteiger partial charge on any atom is -0.247 e. The van der Waals surface area contributed by atoms with Crippen LogP contribution in [-0.2, 0) is 6.18 Å². The third-order valence-corrected chi connectivity index (χ3v) is 1.58. The lowest BCUT2D eigenvalue weighted by molar-refractivity contribution is -0.402. The van der Waals surface area contributed by atoms with Gasteiger partial charge >= 0.3 is 23.6 Å². The molecule has 0 aliphatic rings. The number of rotatable bonds is 0. The second-order valence-electron chi connectivity index (χ2n) is 2.63. The molecule has 80 valence electrons. The second-order valence-corrected chi connectivity index (χ2v) is 2.63. The number of hydrogen-bond donors (Lipinski definition) is 1. The highest BCUT2D eigenvalue weighted by Crippen LogP contribution is 2.25. The Bertz CT molecular complexity index is 477. The monoisotopic (exact) mass is 225 g/mol. The summed E-state index contributed by atoms with van der Waals surface area (Å²) >= 11 is 0. The standard InChI is InChI=1S/C6HF5N4/c7-1-2(8)13-4-3(12-1)14-5(15-4)6(9,10)11/h(H,12,13,14,15)/p+1. The van der Waals surface area contributed by atoms with Crippen LogP contribution in [0.3, 0.4) is 0 Å². The van der Waals surface area contributed by atoms with Crippen molar-refractivity contribution >= 4 is 11.3 Å². The first-order valence-corrected chi connectivity index (χ1v) is 3.59. The number of H-pyrrole nitrogens is 2. The topological polar surface area (TPSA) is 55.7 Å².